The first-order valence-corrected chi connectivity index (χ1v) is 10.1. The minimum absolute atomic E-state index is 0.158. The molecular formula is C21H18ClN3O3S. The number of imidazole rings is 1. The van der Waals surface area contributed by atoms with Gasteiger partial charge in [0.25, 0.3) is 0 Å². The molecule has 0 aliphatic heterocycles. The maximum atomic E-state index is 12.7. The summed E-state index contributed by atoms with van der Waals surface area (Å²) in [5.74, 6) is 1.05. The number of benzene rings is 2. The highest BCUT2D eigenvalue weighted by Gasteiger charge is 2.15. The van der Waals surface area contributed by atoms with Gasteiger partial charge in [0.2, 0.25) is 5.91 Å². The smallest absolute Gasteiger partial charge is 0.230 e. The third kappa shape index (κ3) is 4.06. The van der Waals surface area contributed by atoms with Gasteiger partial charge in [-0.25, -0.2) is 4.98 Å². The van der Waals surface area contributed by atoms with Crippen molar-refractivity contribution in [2.24, 2.45) is 0 Å². The summed E-state index contributed by atoms with van der Waals surface area (Å²) in [6.07, 6.45) is 2.12. The molecule has 0 spiro atoms. The second kappa shape index (κ2) is 8.14. The van der Waals surface area contributed by atoms with E-state index in [9.17, 15) is 4.79 Å². The Morgan fingerprint density at radius 1 is 1.21 bits per heavy atom. The molecule has 0 saturated carbocycles. The van der Waals surface area contributed by atoms with E-state index >= 15 is 0 Å². The average Bonchev–Trinajstić information content (AvgIpc) is 3.30. The Labute approximate surface area is 176 Å². The predicted molar refractivity (Wildman–Crippen MR) is 115 cm³/mol. The molecule has 2 aromatic carbocycles. The number of methoxy groups -OCH3 is 2. The van der Waals surface area contributed by atoms with Crippen LogP contribution in [-0.4, -0.2) is 29.5 Å². The molecule has 0 bridgehead atoms. The van der Waals surface area contributed by atoms with Crippen LogP contribution in [0.3, 0.4) is 0 Å². The first-order chi connectivity index (χ1) is 14.1. The molecule has 0 unspecified atom stereocenters. The number of fused-ring (bicyclic) bond motifs is 1. The molecule has 0 radical (unpaired) electrons. The van der Waals surface area contributed by atoms with E-state index < -0.39 is 0 Å². The van der Waals surface area contributed by atoms with Crippen LogP contribution in [-0.2, 0) is 11.2 Å². The third-order valence-electron chi connectivity index (χ3n) is 4.43. The van der Waals surface area contributed by atoms with Crippen molar-refractivity contribution < 1.29 is 14.3 Å². The van der Waals surface area contributed by atoms with Gasteiger partial charge in [-0.2, -0.15) is 0 Å². The number of carbonyl (C=O) groups excluding carboxylic acids is 1. The van der Waals surface area contributed by atoms with Gasteiger partial charge >= 0.3 is 0 Å². The Morgan fingerprint density at radius 3 is 2.83 bits per heavy atom. The van der Waals surface area contributed by atoms with Crippen LogP contribution in [0, 0.1) is 0 Å². The Kier molecular flexibility index (Phi) is 5.42. The molecule has 0 saturated heterocycles. The van der Waals surface area contributed by atoms with Gasteiger partial charge in [0.15, 0.2) is 4.96 Å². The topological polar surface area (TPSA) is 64.9 Å². The number of thiazole rings is 1. The number of amides is 1. The van der Waals surface area contributed by atoms with Crippen LogP contribution in [0.4, 0.5) is 5.69 Å². The van der Waals surface area contributed by atoms with Gasteiger partial charge in [0.1, 0.15) is 11.5 Å². The number of anilines is 1. The van der Waals surface area contributed by atoms with Crippen LogP contribution >= 0.6 is 22.9 Å². The fraction of sp³-hybridized carbons (Fsp3) is 0.143. The summed E-state index contributed by atoms with van der Waals surface area (Å²) < 4.78 is 12.5. The molecule has 2 aromatic heterocycles. The molecule has 6 nitrogen and oxygen atoms in total. The lowest BCUT2D eigenvalue weighted by molar-refractivity contribution is -0.115. The number of nitrogens with zero attached hydrogens (tertiary/aromatic N) is 2. The lowest BCUT2D eigenvalue weighted by atomic mass is 10.2. The normalized spacial score (nSPS) is 10.9. The van der Waals surface area contributed by atoms with E-state index in [4.69, 9.17) is 21.1 Å². The van der Waals surface area contributed by atoms with Crippen molar-refractivity contribution in [3.63, 3.8) is 0 Å². The van der Waals surface area contributed by atoms with E-state index in [0.717, 1.165) is 21.9 Å². The lowest BCUT2D eigenvalue weighted by Gasteiger charge is -2.11. The molecule has 1 amide bonds. The predicted octanol–water partition coefficient (Wildman–Crippen LogP) is 4.91. The maximum absolute atomic E-state index is 12.7. The van der Waals surface area contributed by atoms with E-state index in [-0.39, 0.29) is 12.3 Å². The highest BCUT2D eigenvalue weighted by molar-refractivity contribution is 7.15. The summed E-state index contributed by atoms with van der Waals surface area (Å²) in [5.41, 5.74) is 3.17. The summed E-state index contributed by atoms with van der Waals surface area (Å²) in [5, 5.41) is 5.49. The van der Waals surface area contributed by atoms with Gasteiger partial charge < -0.3 is 14.8 Å². The molecule has 1 N–H and O–H groups in total. The number of carbonyl (C=O) groups is 1. The minimum atomic E-state index is -0.158. The van der Waals surface area contributed by atoms with Crippen molar-refractivity contribution in [2.75, 3.05) is 19.5 Å². The summed E-state index contributed by atoms with van der Waals surface area (Å²) in [6, 6.07) is 12.8. The number of ether oxygens (including phenoxy) is 2. The van der Waals surface area contributed by atoms with Crippen molar-refractivity contribution in [2.45, 2.75) is 6.42 Å². The van der Waals surface area contributed by atoms with Crippen molar-refractivity contribution >= 4 is 39.5 Å². The SMILES string of the molecule is COc1ccc(OC)c(NC(=O)Cc2csc3nc(-c4cccc(Cl)c4)cn23)c1. The molecule has 2 heterocycles. The largest absolute Gasteiger partial charge is 0.497 e. The van der Waals surface area contributed by atoms with Crippen LogP contribution in [0.25, 0.3) is 16.2 Å². The summed E-state index contributed by atoms with van der Waals surface area (Å²) >= 11 is 7.58. The molecule has 4 aromatic rings. The molecule has 0 aliphatic rings. The van der Waals surface area contributed by atoms with Gasteiger partial charge in [-0.15, -0.1) is 11.3 Å². The van der Waals surface area contributed by atoms with Gasteiger partial charge in [0, 0.05) is 33.9 Å². The highest BCUT2D eigenvalue weighted by atomic mass is 35.5. The summed E-state index contributed by atoms with van der Waals surface area (Å²) in [4.78, 5) is 18.1. The van der Waals surface area contributed by atoms with Crippen LogP contribution in [0.2, 0.25) is 5.02 Å². The molecule has 0 atom stereocenters. The number of rotatable bonds is 6. The molecule has 0 aliphatic carbocycles. The van der Waals surface area contributed by atoms with Crippen LogP contribution < -0.4 is 14.8 Å². The number of aromatic nitrogens is 2. The summed E-state index contributed by atoms with van der Waals surface area (Å²) in [6.45, 7) is 0. The van der Waals surface area contributed by atoms with E-state index in [0.29, 0.717) is 22.2 Å². The maximum Gasteiger partial charge on any atom is 0.230 e. The first kappa shape index (κ1) is 19.3. The second-order valence-electron chi connectivity index (χ2n) is 6.31. The van der Waals surface area contributed by atoms with Crippen molar-refractivity contribution in [1.29, 1.82) is 0 Å². The van der Waals surface area contributed by atoms with Gasteiger partial charge in [-0.05, 0) is 24.3 Å². The molecule has 4 rings (SSSR count). The minimum Gasteiger partial charge on any atom is -0.497 e. The number of nitrogens with one attached hydrogen (secondary N) is 1. The van der Waals surface area contributed by atoms with Crippen molar-refractivity contribution in [3.05, 3.63) is 64.8 Å². The van der Waals surface area contributed by atoms with Crippen LogP contribution in [0.15, 0.2) is 54.0 Å². The van der Waals surface area contributed by atoms with Crippen LogP contribution in [0.1, 0.15) is 5.69 Å². The molecule has 8 heteroatoms. The van der Waals surface area contributed by atoms with Gasteiger partial charge in [0.05, 0.1) is 32.0 Å². The van der Waals surface area contributed by atoms with Crippen LogP contribution in [0.5, 0.6) is 11.5 Å². The zero-order valence-corrected chi connectivity index (χ0v) is 17.4. The Bertz CT molecular complexity index is 1190. The van der Waals surface area contributed by atoms with E-state index in [1.165, 1.54) is 11.3 Å². The van der Waals surface area contributed by atoms with Gasteiger partial charge in [-0.1, -0.05) is 23.7 Å². The lowest BCUT2D eigenvalue weighted by Crippen LogP contribution is -2.16. The monoisotopic (exact) mass is 427 g/mol. The molecular weight excluding hydrogens is 410 g/mol. The number of hydrogen-bond acceptors (Lipinski definition) is 5. The van der Waals surface area contributed by atoms with E-state index in [1.54, 1.807) is 32.4 Å². The Morgan fingerprint density at radius 2 is 2.07 bits per heavy atom. The van der Waals surface area contributed by atoms with Crippen molar-refractivity contribution in [3.8, 4) is 22.8 Å². The van der Waals surface area contributed by atoms with E-state index in [1.807, 2.05) is 40.2 Å². The second-order valence-corrected chi connectivity index (χ2v) is 7.58. The fourth-order valence-electron chi connectivity index (χ4n) is 3.01. The van der Waals surface area contributed by atoms with E-state index in [2.05, 4.69) is 10.3 Å². The molecule has 29 heavy (non-hydrogen) atoms. The first-order valence-electron chi connectivity index (χ1n) is 8.80. The molecule has 0 fully saturated rings. The number of halogens is 1. The zero-order valence-electron chi connectivity index (χ0n) is 15.8. The fourth-order valence-corrected chi connectivity index (χ4v) is 4.08. The van der Waals surface area contributed by atoms with Gasteiger partial charge in [-0.3, -0.25) is 9.20 Å². The zero-order chi connectivity index (χ0) is 20.4. The average molecular weight is 428 g/mol. The Hall–Kier alpha value is -3.03. The standard InChI is InChI=1S/C21H18ClN3O3S/c1-27-16-6-7-19(28-2)17(10-16)23-20(26)9-15-12-29-21-24-18(11-25(15)21)13-4-3-5-14(22)8-13/h3-8,10-12H,9H2,1-2H3,(H,23,26). The number of hydrogen-bond donors (Lipinski definition) is 1. The highest BCUT2D eigenvalue weighted by Crippen LogP contribution is 2.29. The quantitative estimate of drug-likeness (QED) is 0.474. The third-order valence-corrected chi connectivity index (χ3v) is 5.55. The summed E-state index contributed by atoms with van der Waals surface area (Å²) in [7, 11) is 3.13. The van der Waals surface area contributed by atoms with Crippen molar-refractivity contribution in [1.82, 2.24) is 9.38 Å². The Balaban J connectivity index is 1.56. The molecule has 148 valence electrons.